The zero-order valence-electron chi connectivity index (χ0n) is 13.3. The lowest BCUT2D eigenvalue weighted by Crippen LogP contribution is -2.31. The third-order valence-corrected chi connectivity index (χ3v) is 3.68. The second-order valence-electron chi connectivity index (χ2n) is 5.26. The van der Waals surface area contributed by atoms with E-state index in [1.165, 1.54) is 24.1 Å². The van der Waals surface area contributed by atoms with Gasteiger partial charge in [-0.1, -0.05) is 0 Å². The van der Waals surface area contributed by atoms with Gasteiger partial charge in [0.2, 0.25) is 0 Å². The van der Waals surface area contributed by atoms with Crippen LogP contribution in [0.4, 0.5) is 5.69 Å². The maximum Gasteiger partial charge on any atom is 0.337 e. The molecule has 8 nitrogen and oxygen atoms in total. The number of β-amino-alcohol motifs (C(OH)–C–C–N with tert-alkyl or cyclic N) is 1. The second kappa shape index (κ2) is 7.14. The number of carbonyl (C=O) groups is 3. The van der Waals surface area contributed by atoms with Gasteiger partial charge in [0.05, 0.1) is 31.4 Å². The Bertz CT molecular complexity index is 725. The number of hydrogen-bond acceptors (Lipinski definition) is 6. The van der Waals surface area contributed by atoms with Crippen molar-refractivity contribution >= 4 is 23.5 Å². The van der Waals surface area contributed by atoms with Crippen LogP contribution in [-0.4, -0.2) is 59.8 Å². The highest BCUT2D eigenvalue weighted by Gasteiger charge is 2.34. The highest BCUT2D eigenvalue weighted by Crippen LogP contribution is 2.24. The molecule has 0 atom stereocenters. The number of ether oxygens (including phenoxy) is 1. The molecule has 0 radical (unpaired) electrons. The Labute approximate surface area is 138 Å². The first-order valence-corrected chi connectivity index (χ1v) is 7.21. The molecule has 1 amide bonds. The number of carbonyl (C=O) groups excluding carboxylic acids is 2. The van der Waals surface area contributed by atoms with Crippen LogP contribution < -0.4 is 5.32 Å². The average Bonchev–Trinajstić information content (AvgIpc) is 2.84. The molecule has 0 saturated heterocycles. The molecule has 128 valence electrons. The highest BCUT2D eigenvalue weighted by atomic mass is 16.5. The number of benzene rings is 1. The van der Waals surface area contributed by atoms with Crippen molar-refractivity contribution in [3.05, 3.63) is 40.6 Å². The van der Waals surface area contributed by atoms with Gasteiger partial charge in [-0.3, -0.25) is 4.79 Å². The van der Waals surface area contributed by atoms with Gasteiger partial charge in [-0.2, -0.15) is 0 Å². The molecular weight excluding hydrogens is 316 g/mol. The summed E-state index contributed by atoms with van der Waals surface area (Å²) in [6, 6.07) is 4.51. The van der Waals surface area contributed by atoms with Crippen molar-refractivity contribution < 1.29 is 29.3 Å². The number of rotatable bonds is 6. The minimum Gasteiger partial charge on any atom is -0.478 e. The molecule has 1 aliphatic heterocycles. The van der Waals surface area contributed by atoms with Crippen LogP contribution in [0.15, 0.2) is 29.5 Å². The van der Waals surface area contributed by atoms with Crippen LogP contribution in [0, 0.1) is 6.92 Å². The van der Waals surface area contributed by atoms with Crippen LogP contribution in [0.25, 0.3) is 0 Å². The van der Waals surface area contributed by atoms with Crippen LogP contribution in [0.5, 0.6) is 0 Å². The Balaban J connectivity index is 2.33. The number of aryl methyl sites for hydroxylation is 1. The normalized spacial score (nSPS) is 14.1. The number of amides is 1. The first-order valence-electron chi connectivity index (χ1n) is 7.21. The van der Waals surface area contributed by atoms with Gasteiger partial charge in [-0.25, -0.2) is 9.59 Å². The second-order valence-corrected chi connectivity index (χ2v) is 5.26. The smallest absolute Gasteiger partial charge is 0.337 e. The molecule has 0 saturated carbocycles. The summed E-state index contributed by atoms with van der Waals surface area (Å²) in [5.41, 5.74) is 1.38. The number of nitrogens with one attached hydrogen (secondary N) is 1. The average molecular weight is 334 g/mol. The topological polar surface area (TPSA) is 116 Å². The fraction of sp³-hybridized carbons (Fsp3) is 0.312. The monoisotopic (exact) mass is 334 g/mol. The predicted octanol–water partition coefficient (Wildman–Crippen LogP) is 0.367. The van der Waals surface area contributed by atoms with Gasteiger partial charge < -0.3 is 25.2 Å². The summed E-state index contributed by atoms with van der Waals surface area (Å²) in [5, 5.41) is 20.9. The molecule has 1 aliphatic rings. The highest BCUT2D eigenvalue weighted by molar-refractivity contribution is 6.08. The molecule has 8 heteroatoms. The maximum absolute atomic E-state index is 12.4. The van der Waals surface area contributed by atoms with Gasteiger partial charge >= 0.3 is 11.9 Å². The van der Waals surface area contributed by atoms with Crippen LogP contribution in [0.3, 0.4) is 0 Å². The van der Waals surface area contributed by atoms with E-state index in [1.807, 2.05) is 0 Å². The molecule has 3 N–H and O–H groups in total. The molecule has 0 aliphatic carbocycles. The summed E-state index contributed by atoms with van der Waals surface area (Å²) in [6.07, 6.45) is 0. The molecule has 1 aromatic carbocycles. The molecule has 0 fully saturated rings. The SMILES string of the molecule is COC(=O)C1=C(Nc2ccc(C(=O)O)c(C)c2)C(=O)N(CCO)C1. The zero-order chi connectivity index (χ0) is 17.9. The number of carboxylic acids is 1. The summed E-state index contributed by atoms with van der Waals surface area (Å²) >= 11 is 0. The number of aliphatic hydroxyl groups is 1. The van der Waals surface area contributed by atoms with Crippen LogP contribution >= 0.6 is 0 Å². The predicted molar refractivity (Wildman–Crippen MR) is 84.5 cm³/mol. The van der Waals surface area contributed by atoms with E-state index < -0.39 is 17.8 Å². The number of aromatic carboxylic acids is 1. The van der Waals surface area contributed by atoms with E-state index in [0.29, 0.717) is 11.3 Å². The first kappa shape index (κ1) is 17.5. The molecule has 24 heavy (non-hydrogen) atoms. The largest absolute Gasteiger partial charge is 0.478 e. The van der Waals surface area contributed by atoms with Gasteiger partial charge in [0.25, 0.3) is 5.91 Å². The third kappa shape index (κ3) is 3.38. The Morgan fingerprint density at radius 2 is 2.08 bits per heavy atom. The van der Waals surface area contributed by atoms with Crippen molar-refractivity contribution in [3.63, 3.8) is 0 Å². The molecule has 1 aromatic rings. The van der Waals surface area contributed by atoms with Crippen LogP contribution in [0.2, 0.25) is 0 Å². The van der Waals surface area contributed by atoms with Crippen molar-refractivity contribution in [2.24, 2.45) is 0 Å². The fourth-order valence-corrected chi connectivity index (χ4v) is 2.47. The summed E-state index contributed by atoms with van der Waals surface area (Å²) in [4.78, 5) is 36.6. The fourth-order valence-electron chi connectivity index (χ4n) is 2.47. The van der Waals surface area contributed by atoms with Crippen molar-refractivity contribution in [2.45, 2.75) is 6.92 Å². The number of nitrogens with zero attached hydrogens (tertiary/aromatic N) is 1. The Hall–Kier alpha value is -2.87. The summed E-state index contributed by atoms with van der Waals surface area (Å²) in [5.74, 6) is -2.10. The van der Waals surface area contributed by atoms with E-state index in [1.54, 1.807) is 13.0 Å². The molecule has 0 unspecified atom stereocenters. The standard InChI is InChI=1S/C16H18N2O6/c1-9-7-10(3-4-11(9)15(21)22)17-13-12(16(23)24-2)8-18(5-6-19)14(13)20/h3-4,7,17,19H,5-6,8H2,1-2H3,(H,21,22). The molecular formula is C16H18N2O6. The third-order valence-electron chi connectivity index (χ3n) is 3.68. The maximum atomic E-state index is 12.4. The van der Waals surface area contributed by atoms with Gasteiger partial charge in [0, 0.05) is 12.2 Å². The molecule has 0 spiro atoms. The molecule has 0 aromatic heterocycles. The quantitative estimate of drug-likeness (QED) is 0.643. The van der Waals surface area contributed by atoms with Gasteiger partial charge in [0.1, 0.15) is 5.70 Å². The minimum atomic E-state index is -1.04. The van der Waals surface area contributed by atoms with E-state index in [9.17, 15) is 14.4 Å². The Morgan fingerprint density at radius 3 is 2.62 bits per heavy atom. The lowest BCUT2D eigenvalue weighted by Gasteiger charge is -2.15. The number of methoxy groups -OCH3 is 1. The lowest BCUT2D eigenvalue weighted by atomic mass is 10.1. The van der Waals surface area contributed by atoms with Crippen LogP contribution in [-0.2, 0) is 14.3 Å². The van der Waals surface area contributed by atoms with Crippen LogP contribution in [0.1, 0.15) is 15.9 Å². The van der Waals surface area contributed by atoms with Crippen molar-refractivity contribution in [1.29, 1.82) is 0 Å². The Morgan fingerprint density at radius 1 is 1.38 bits per heavy atom. The lowest BCUT2D eigenvalue weighted by molar-refractivity contribution is -0.136. The van der Waals surface area contributed by atoms with Gasteiger partial charge in [-0.15, -0.1) is 0 Å². The number of esters is 1. The molecule has 2 rings (SSSR count). The summed E-state index contributed by atoms with van der Waals surface area (Å²) in [6.45, 7) is 1.56. The number of hydrogen-bond donors (Lipinski definition) is 3. The number of aliphatic hydroxyl groups excluding tert-OH is 1. The van der Waals surface area contributed by atoms with E-state index in [2.05, 4.69) is 5.32 Å². The zero-order valence-corrected chi connectivity index (χ0v) is 13.3. The Kier molecular flexibility index (Phi) is 5.20. The molecule has 0 bridgehead atoms. The summed E-state index contributed by atoms with van der Waals surface area (Å²) < 4.78 is 4.70. The van der Waals surface area contributed by atoms with E-state index in [-0.39, 0.29) is 36.5 Å². The first-order chi connectivity index (χ1) is 11.4. The van der Waals surface area contributed by atoms with Gasteiger partial charge in [-0.05, 0) is 30.7 Å². The minimum absolute atomic E-state index is 0.0423. The van der Waals surface area contributed by atoms with E-state index >= 15 is 0 Å². The molecule has 1 heterocycles. The van der Waals surface area contributed by atoms with Crippen molar-refractivity contribution in [1.82, 2.24) is 4.90 Å². The van der Waals surface area contributed by atoms with Crippen molar-refractivity contribution in [3.8, 4) is 0 Å². The van der Waals surface area contributed by atoms with Gasteiger partial charge in [0.15, 0.2) is 0 Å². The number of anilines is 1. The van der Waals surface area contributed by atoms with E-state index in [0.717, 1.165) is 0 Å². The number of carboxylic acid groups (broad SMARTS) is 1. The summed E-state index contributed by atoms with van der Waals surface area (Å²) in [7, 11) is 1.22. The van der Waals surface area contributed by atoms with E-state index in [4.69, 9.17) is 14.9 Å². The van der Waals surface area contributed by atoms with Crippen molar-refractivity contribution in [2.75, 3.05) is 32.1 Å².